The molecular weight excluding hydrogens is 294 g/mol. The Labute approximate surface area is 137 Å². The maximum absolute atomic E-state index is 12.2. The second kappa shape index (κ2) is 9.27. The molecule has 1 aromatic rings. The number of benzene rings is 1. The number of aryl methyl sites for hydroxylation is 3. The van der Waals surface area contributed by atoms with Crippen molar-refractivity contribution in [2.75, 3.05) is 25.5 Å². The van der Waals surface area contributed by atoms with Crippen LogP contribution >= 0.6 is 0 Å². The van der Waals surface area contributed by atoms with Crippen molar-refractivity contribution >= 4 is 17.6 Å². The van der Waals surface area contributed by atoms with Crippen LogP contribution in [0.25, 0.3) is 0 Å². The molecule has 0 bridgehead atoms. The van der Waals surface area contributed by atoms with Gasteiger partial charge < -0.3 is 25.9 Å². The van der Waals surface area contributed by atoms with Crippen LogP contribution in [0, 0.1) is 20.8 Å². The summed E-state index contributed by atoms with van der Waals surface area (Å²) in [4.78, 5) is 23.4. The number of anilines is 1. The second-order valence-corrected chi connectivity index (χ2v) is 6.03. The van der Waals surface area contributed by atoms with Crippen LogP contribution in [0.4, 0.5) is 5.69 Å². The largest absolute Gasteiger partial charge is 0.544 e. The molecule has 6 nitrogen and oxygen atoms in total. The number of nitrogens with one attached hydrogen (secondary N) is 1. The Kier molecular flexibility index (Phi) is 7.71. The van der Waals surface area contributed by atoms with Crippen LogP contribution in [0.2, 0.25) is 0 Å². The fourth-order valence-electron chi connectivity index (χ4n) is 2.67. The Morgan fingerprint density at radius 2 is 1.78 bits per heavy atom. The van der Waals surface area contributed by atoms with Gasteiger partial charge in [0.1, 0.15) is 6.04 Å². The number of hydrogen-bond acceptors (Lipinski definition) is 3. The minimum Gasteiger partial charge on any atom is -0.544 e. The molecule has 128 valence electrons. The molecule has 0 heterocycles. The van der Waals surface area contributed by atoms with Gasteiger partial charge in [0, 0.05) is 12.1 Å². The number of quaternary nitrogens is 2. The normalized spacial score (nSPS) is 12.0. The molecule has 0 spiro atoms. The highest BCUT2D eigenvalue weighted by molar-refractivity contribution is 5.94. The molecule has 0 radical (unpaired) electrons. The first-order valence-electron chi connectivity index (χ1n) is 8.04. The van der Waals surface area contributed by atoms with Gasteiger partial charge in [-0.1, -0.05) is 17.7 Å². The summed E-state index contributed by atoms with van der Waals surface area (Å²) in [6.45, 7) is 7.46. The Morgan fingerprint density at radius 1 is 1.17 bits per heavy atom. The molecule has 0 aromatic heterocycles. The highest BCUT2D eigenvalue weighted by atomic mass is 16.4. The van der Waals surface area contributed by atoms with Gasteiger partial charge in [0.25, 0.3) is 0 Å². The zero-order chi connectivity index (χ0) is 17.4. The van der Waals surface area contributed by atoms with Gasteiger partial charge >= 0.3 is 0 Å². The summed E-state index contributed by atoms with van der Waals surface area (Å²) in [7, 11) is 1.97. The van der Waals surface area contributed by atoms with E-state index < -0.39 is 12.0 Å². The van der Waals surface area contributed by atoms with Crippen molar-refractivity contribution in [3.05, 3.63) is 28.8 Å². The van der Waals surface area contributed by atoms with Crippen LogP contribution < -0.4 is 21.1 Å². The number of rotatable bonds is 9. The Bertz CT molecular complexity index is 535. The molecule has 0 saturated carbocycles. The molecule has 1 atom stereocenters. The Morgan fingerprint density at radius 3 is 2.30 bits per heavy atom. The van der Waals surface area contributed by atoms with Crippen molar-refractivity contribution in [1.82, 2.24) is 0 Å². The van der Waals surface area contributed by atoms with Crippen molar-refractivity contribution in [2.45, 2.75) is 39.7 Å². The highest BCUT2D eigenvalue weighted by Gasteiger charge is 2.19. The van der Waals surface area contributed by atoms with E-state index >= 15 is 0 Å². The Hall–Kier alpha value is -1.92. The van der Waals surface area contributed by atoms with Crippen LogP contribution in [-0.4, -0.2) is 38.1 Å². The van der Waals surface area contributed by atoms with Gasteiger partial charge in [0.05, 0.1) is 32.5 Å². The standard InChI is InChI=1S/C17H27N3O3/c1-11-8-12(2)16(13(3)9-11)20-15(21)10-14(17(22)23)19-7-5-6-18-4/h8-9,14,18-19H,5-7,10H2,1-4H3,(H,20,21)(H,22,23)/p+1/t14-/m1/s1. The summed E-state index contributed by atoms with van der Waals surface area (Å²) in [5.74, 6) is -1.49. The number of aliphatic carboxylic acids is 1. The summed E-state index contributed by atoms with van der Waals surface area (Å²) in [6.07, 6.45) is 0.795. The lowest BCUT2D eigenvalue weighted by Gasteiger charge is -2.17. The van der Waals surface area contributed by atoms with Crippen LogP contribution in [-0.2, 0) is 9.59 Å². The number of carboxylic acid groups (broad SMARTS) is 1. The first-order valence-corrected chi connectivity index (χ1v) is 8.04. The third-order valence-corrected chi connectivity index (χ3v) is 3.80. The van der Waals surface area contributed by atoms with Crippen LogP contribution in [0.5, 0.6) is 0 Å². The first-order chi connectivity index (χ1) is 10.8. The summed E-state index contributed by atoms with van der Waals surface area (Å²) in [5, 5.41) is 17.7. The average molecular weight is 322 g/mol. The zero-order valence-corrected chi connectivity index (χ0v) is 14.4. The fourth-order valence-corrected chi connectivity index (χ4v) is 2.67. The van der Waals surface area contributed by atoms with Crippen LogP contribution in [0.1, 0.15) is 29.5 Å². The van der Waals surface area contributed by atoms with E-state index in [1.807, 2.05) is 45.3 Å². The lowest BCUT2D eigenvalue weighted by molar-refractivity contribution is -0.692. The molecular formula is C17H28N3O3+. The minimum atomic E-state index is -1.20. The summed E-state index contributed by atoms with van der Waals surface area (Å²) >= 11 is 0. The van der Waals surface area contributed by atoms with E-state index in [2.05, 4.69) is 5.32 Å². The molecule has 0 aliphatic carbocycles. The van der Waals surface area contributed by atoms with Gasteiger partial charge in [-0.15, -0.1) is 0 Å². The predicted molar refractivity (Wildman–Crippen MR) is 86.8 cm³/mol. The van der Waals surface area contributed by atoms with Gasteiger partial charge in [-0.25, -0.2) is 0 Å². The third-order valence-electron chi connectivity index (χ3n) is 3.80. The van der Waals surface area contributed by atoms with E-state index in [9.17, 15) is 14.7 Å². The number of carboxylic acids is 1. The second-order valence-electron chi connectivity index (χ2n) is 6.03. The molecule has 6 heteroatoms. The quantitative estimate of drug-likeness (QED) is 0.468. The molecule has 5 N–H and O–H groups in total. The van der Waals surface area contributed by atoms with Gasteiger partial charge in [-0.3, -0.25) is 4.79 Å². The highest BCUT2D eigenvalue weighted by Crippen LogP contribution is 2.22. The van der Waals surface area contributed by atoms with E-state index in [4.69, 9.17) is 0 Å². The summed E-state index contributed by atoms with van der Waals surface area (Å²) in [6, 6.07) is 3.14. The minimum absolute atomic E-state index is 0.0923. The first kappa shape index (κ1) is 19.1. The third kappa shape index (κ3) is 6.38. The maximum atomic E-state index is 12.2. The SMILES string of the molecule is C[NH2+]CCC[NH2+][C@H](CC(=O)Nc1c(C)cc(C)cc1C)C(=O)[O-]. The van der Waals surface area contributed by atoms with E-state index in [0.29, 0.717) is 6.54 Å². The van der Waals surface area contributed by atoms with Gasteiger partial charge in [0.2, 0.25) is 5.91 Å². The molecule has 0 fully saturated rings. The van der Waals surface area contributed by atoms with Crippen molar-refractivity contribution in [2.24, 2.45) is 0 Å². The van der Waals surface area contributed by atoms with Crippen molar-refractivity contribution < 1.29 is 25.3 Å². The predicted octanol–water partition coefficient (Wildman–Crippen LogP) is -1.79. The molecule has 23 heavy (non-hydrogen) atoms. The Balaban J connectivity index is 2.64. The van der Waals surface area contributed by atoms with E-state index in [-0.39, 0.29) is 12.3 Å². The van der Waals surface area contributed by atoms with E-state index in [0.717, 1.165) is 35.3 Å². The number of carbonyl (C=O) groups excluding carboxylic acids is 2. The molecule has 1 rings (SSSR count). The number of nitrogens with two attached hydrogens (primary N) is 2. The van der Waals surface area contributed by atoms with E-state index in [1.54, 1.807) is 5.32 Å². The molecule has 0 aliphatic heterocycles. The fraction of sp³-hybridized carbons (Fsp3) is 0.529. The molecule has 0 aliphatic rings. The van der Waals surface area contributed by atoms with Crippen LogP contribution in [0.3, 0.4) is 0 Å². The molecule has 0 unspecified atom stereocenters. The van der Waals surface area contributed by atoms with Gasteiger partial charge in [-0.05, 0) is 31.9 Å². The van der Waals surface area contributed by atoms with Gasteiger partial charge in [-0.2, -0.15) is 0 Å². The monoisotopic (exact) mass is 322 g/mol. The van der Waals surface area contributed by atoms with Crippen molar-refractivity contribution in [3.63, 3.8) is 0 Å². The topological polar surface area (TPSA) is 102 Å². The number of amides is 1. The number of hydrogen-bond donors (Lipinski definition) is 3. The molecule has 1 amide bonds. The zero-order valence-electron chi connectivity index (χ0n) is 14.4. The lowest BCUT2D eigenvalue weighted by atomic mass is 10.0. The molecule has 1 aromatic carbocycles. The smallest absolute Gasteiger partial charge is 0.230 e. The summed E-state index contributed by atoms with van der Waals surface area (Å²) < 4.78 is 0. The number of carbonyl (C=O) groups is 2. The van der Waals surface area contributed by atoms with Crippen LogP contribution in [0.15, 0.2) is 12.1 Å². The lowest BCUT2D eigenvalue weighted by Crippen LogP contribution is -2.94. The van der Waals surface area contributed by atoms with Crippen molar-refractivity contribution in [1.29, 1.82) is 0 Å². The molecule has 0 saturated heterocycles. The average Bonchev–Trinajstić information content (AvgIpc) is 2.45. The maximum Gasteiger partial charge on any atom is 0.230 e. The van der Waals surface area contributed by atoms with E-state index in [1.165, 1.54) is 0 Å². The van der Waals surface area contributed by atoms with Crippen molar-refractivity contribution in [3.8, 4) is 0 Å². The summed E-state index contributed by atoms with van der Waals surface area (Å²) in [5.41, 5.74) is 3.84. The van der Waals surface area contributed by atoms with Gasteiger partial charge in [0.15, 0.2) is 0 Å².